The summed E-state index contributed by atoms with van der Waals surface area (Å²) in [4.78, 5) is 10.7. The van der Waals surface area contributed by atoms with E-state index in [0.717, 1.165) is 0 Å². The van der Waals surface area contributed by atoms with Gasteiger partial charge in [0.05, 0.1) is 19.1 Å². The number of nitrogens with zero attached hydrogens (tertiary/aromatic N) is 1. The number of rotatable bonds is 4. The molecule has 17 heavy (non-hydrogen) atoms. The summed E-state index contributed by atoms with van der Waals surface area (Å²) >= 11 is 4.22. The van der Waals surface area contributed by atoms with Crippen molar-refractivity contribution in [3.05, 3.63) is 33.5 Å². The second kappa shape index (κ2) is 5.58. The number of allylic oxidation sites excluding steroid dienone is 1. The average Bonchev–Trinajstić information content (AvgIpc) is 2.30. The normalized spacial score (nSPS) is 11.2. The van der Waals surface area contributed by atoms with Crippen LogP contribution in [0.25, 0.3) is 6.08 Å². The van der Waals surface area contributed by atoms with Gasteiger partial charge < -0.3 is 9.47 Å². The second-order valence-electron chi connectivity index (χ2n) is 3.31. The third-order valence-corrected chi connectivity index (χ3v) is 2.53. The number of hydrogen-bond acceptors (Lipinski definition) is 5. The molecular weight excluding hydrogens is 242 g/mol. The number of ether oxygens (including phenoxy) is 2. The van der Waals surface area contributed by atoms with Gasteiger partial charge in [-0.05, 0) is 12.1 Å². The molecule has 0 heterocycles. The highest BCUT2D eigenvalue weighted by Gasteiger charge is 2.10. The maximum atomic E-state index is 10.6. The molecule has 1 rings (SSSR count). The van der Waals surface area contributed by atoms with Crippen molar-refractivity contribution in [2.75, 3.05) is 14.2 Å². The molecular formula is C11H13NO4S. The van der Waals surface area contributed by atoms with Gasteiger partial charge in [0.15, 0.2) is 0 Å². The zero-order valence-corrected chi connectivity index (χ0v) is 10.7. The minimum Gasteiger partial charge on any atom is -0.496 e. The molecule has 0 aliphatic carbocycles. The molecule has 0 unspecified atom stereocenters. The van der Waals surface area contributed by atoms with Crippen molar-refractivity contribution >= 4 is 18.7 Å². The summed E-state index contributed by atoms with van der Waals surface area (Å²) in [5.74, 6) is 1.05. The summed E-state index contributed by atoms with van der Waals surface area (Å²) in [6.07, 6.45) is 1.43. The number of benzene rings is 1. The van der Waals surface area contributed by atoms with Crippen LogP contribution in [0.2, 0.25) is 0 Å². The molecule has 92 valence electrons. The number of thiol groups is 1. The molecule has 0 aliphatic rings. The number of hydrogen-bond donors (Lipinski definition) is 1. The van der Waals surface area contributed by atoms with E-state index in [1.807, 2.05) is 0 Å². The zero-order chi connectivity index (χ0) is 13.0. The second-order valence-corrected chi connectivity index (χ2v) is 3.79. The minimum absolute atomic E-state index is 0.0252. The molecule has 5 nitrogen and oxygen atoms in total. The Hall–Kier alpha value is -1.69. The van der Waals surface area contributed by atoms with Gasteiger partial charge in [-0.15, -0.1) is 12.6 Å². The molecule has 1 aromatic carbocycles. The first-order valence-corrected chi connectivity index (χ1v) is 5.22. The first-order chi connectivity index (χ1) is 7.99. The number of nitro groups is 1. The predicted octanol–water partition coefficient (Wildman–Crippen LogP) is 2.63. The molecule has 1 aromatic rings. The van der Waals surface area contributed by atoms with E-state index in [0.29, 0.717) is 22.0 Å². The molecule has 6 heteroatoms. The molecule has 0 atom stereocenters. The van der Waals surface area contributed by atoms with Crippen LogP contribution in [-0.2, 0) is 0 Å². The van der Waals surface area contributed by atoms with Gasteiger partial charge in [0, 0.05) is 23.5 Å². The quantitative estimate of drug-likeness (QED) is 0.510. The third kappa shape index (κ3) is 3.13. The van der Waals surface area contributed by atoms with Crippen LogP contribution in [0.15, 0.2) is 22.7 Å². The molecule has 0 N–H and O–H groups in total. The summed E-state index contributed by atoms with van der Waals surface area (Å²) in [5, 5.41) is 10.6. The van der Waals surface area contributed by atoms with Crippen LogP contribution in [0.4, 0.5) is 0 Å². The maximum absolute atomic E-state index is 10.6. The summed E-state index contributed by atoms with van der Waals surface area (Å²) in [6.45, 7) is 1.42. The Labute approximate surface area is 105 Å². The monoisotopic (exact) mass is 255 g/mol. The van der Waals surface area contributed by atoms with Crippen LogP contribution in [-0.4, -0.2) is 19.1 Å². The van der Waals surface area contributed by atoms with Gasteiger partial charge in [-0.1, -0.05) is 0 Å². The molecule has 0 bridgehead atoms. The van der Waals surface area contributed by atoms with Crippen molar-refractivity contribution in [2.45, 2.75) is 11.8 Å². The Kier molecular flexibility index (Phi) is 4.39. The molecule has 0 saturated carbocycles. The van der Waals surface area contributed by atoms with Crippen LogP contribution < -0.4 is 9.47 Å². The predicted molar refractivity (Wildman–Crippen MR) is 67.4 cm³/mol. The summed E-state index contributed by atoms with van der Waals surface area (Å²) in [7, 11) is 3.00. The van der Waals surface area contributed by atoms with E-state index in [9.17, 15) is 10.1 Å². The van der Waals surface area contributed by atoms with Crippen molar-refractivity contribution in [3.63, 3.8) is 0 Å². The smallest absolute Gasteiger partial charge is 0.243 e. The molecule has 0 amide bonds. The summed E-state index contributed by atoms with van der Waals surface area (Å²) in [5.41, 5.74) is 0.605. The van der Waals surface area contributed by atoms with Crippen LogP contribution in [0.1, 0.15) is 12.5 Å². The van der Waals surface area contributed by atoms with Gasteiger partial charge in [-0.25, -0.2) is 0 Å². The van der Waals surface area contributed by atoms with E-state index in [4.69, 9.17) is 9.47 Å². The van der Waals surface area contributed by atoms with E-state index in [1.54, 1.807) is 12.1 Å². The largest absolute Gasteiger partial charge is 0.496 e. The van der Waals surface area contributed by atoms with Gasteiger partial charge >= 0.3 is 0 Å². The number of methoxy groups -OCH3 is 2. The molecule has 0 aliphatic heterocycles. The van der Waals surface area contributed by atoms with E-state index in [-0.39, 0.29) is 5.70 Å². The lowest BCUT2D eigenvalue weighted by Gasteiger charge is -2.09. The molecule has 0 aromatic heterocycles. The van der Waals surface area contributed by atoms with Crippen molar-refractivity contribution in [2.24, 2.45) is 0 Å². The van der Waals surface area contributed by atoms with E-state index in [1.165, 1.54) is 27.2 Å². The Morgan fingerprint density at radius 3 is 2.41 bits per heavy atom. The van der Waals surface area contributed by atoms with Crippen LogP contribution in [0.5, 0.6) is 11.5 Å². The van der Waals surface area contributed by atoms with Gasteiger partial charge in [0.25, 0.3) is 0 Å². The van der Waals surface area contributed by atoms with Gasteiger partial charge in [0.2, 0.25) is 5.70 Å². The molecule has 0 radical (unpaired) electrons. The van der Waals surface area contributed by atoms with Crippen molar-refractivity contribution < 1.29 is 14.4 Å². The minimum atomic E-state index is -0.458. The fourth-order valence-corrected chi connectivity index (χ4v) is 1.57. The fraction of sp³-hybridized carbons (Fsp3) is 0.273. The average molecular weight is 255 g/mol. The highest BCUT2D eigenvalue weighted by Crippen LogP contribution is 2.32. The van der Waals surface area contributed by atoms with E-state index < -0.39 is 4.92 Å². The van der Waals surface area contributed by atoms with Crippen molar-refractivity contribution in [1.29, 1.82) is 0 Å². The lowest BCUT2D eigenvalue weighted by atomic mass is 10.1. The highest BCUT2D eigenvalue weighted by molar-refractivity contribution is 7.80. The van der Waals surface area contributed by atoms with Crippen LogP contribution in [0.3, 0.4) is 0 Å². The van der Waals surface area contributed by atoms with Crippen molar-refractivity contribution in [1.82, 2.24) is 0 Å². The topological polar surface area (TPSA) is 61.6 Å². The zero-order valence-electron chi connectivity index (χ0n) is 9.76. The van der Waals surface area contributed by atoms with Gasteiger partial charge in [-0.2, -0.15) is 0 Å². The molecule has 0 saturated heterocycles. The Bertz CT molecular complexity index is 471. The summed E-state index contributed by atoms with van der Waals surface area (Å²) in [6, 6.07) is 3.30. The lowest BCUT2D eigenvalue weighted by molar-refractivity contribution is -0.422. The van der Waals surface area contributed by atoms with Crippen LogP contribution >= 0.6 is 12.6 Å². The molecule has 0 fully saturated rings. The first kappa shape index (κ1) is 13.4. The lowest BCUT2D eigenvalue weighted by Crippen LogP contribution is -1.96. The summed E-state index contributed by atoms with van der Waals surface area (Å²) < 4.78 is 10.2. The third-order valence-electron chi connectivity index (χ3n) is 2.18. The molecule has 0 spiro atoms. The SMILES string of the molecule is COc1cc(C=C(C)[N+](=O)[O-])c(OC)cc1S. The first-order valence-electron chi connectivity index (χ1n) is 4.77. The van der Waals surface area contributed by atoms with Gasteiger partial charge in [0.1, 0.15) is 11.5 Å². The fourth-order valence-electron chi connectivity index (χ4n) is 1.30. The van der Waals surface area contributed by atoms with Crippen LogP contribution in [0, 0.1) is 10.1 Å². The van der Waals surface area contributed by atoms with Crippen molar-refractivity contribution in [3.8, 4) is 11.5 Å². The van der Waals surface area contributed by atoms with Gasteiger partial charge in [-0.3, -0.25) is 10.1 Å². The Morgan fingerprint density at radius 2 is 1.94 bits per heavy atom. The highest BCUT2D eigenvalue weighted by atomic mass is 32.1. The standard InChI is InChI=1S/C11H13NO4S/c1-7(12(13)14)4-8-5-10(16-3)11(17)6-9(8)15-2/h4-6,17H,1-3H3. The Morgan fingerprint density at radius 1 is 1.35 bits per heavy atom. The maximum Gasteiger partial charge on any atom is 0.243 e. The Balaban J connectivity index is 3.31. The van der Waals surface area contributed by atoms with E-state index >= 15 is 0 Å². The van der Waals surface area contributed by atoms with E-state index in [2.05, 4.69) is 12.6 Å².